The highest BCUT2D eigenvalue weighted by molar-refractivity contribution is 5.95. The quantitative estimate of drug-likeness (QED) is 0.190. The SMILES string of the molecule is CC(C)C(=O)[C@H](CCN)NC(=O)[C@@H](CC(=O)[C@H](CCN)NC(=O)[C@H]1CCCNC1)C(C)O. The summed E-state index contributed by atoms with van der Waals surface area (Å²) in [5.41, 5.74) is 11.2. The fraction of sp³-hybridized carbons (Fsp3) is 0.818. The molecule has 0 aliphatic carbocycles. The molecule has 5 atom stereocenters. The number of nitrogens with one attached hydrogen (secondary N) is 3. The minimum atomic E-state index is -1.12. The normalized spacial score (nSPS) is 20.2. The molecule has 32 heavy (non-hydrogen) atoms. The summed E-state index contributed by atoms with van der Waals surface area (Å²) >= 11 is 0. The standard InChI is InChI=1S/C22H41N5O5/c1-13(2)20(30)18(7-9-24)27-22(32)16(14(3)28)11-19(29)17(6-8-23)26-21(31)15-5-4-10-25-12-15/h13-18,25,28H,4-12,23-24H2,1-3H3,(H,26,31)(H,27,32)/t14?,15-,16-,17-,18-/m0/s1. The van der Waals surface area contributed by atoms with E-state index in [0.29, 0.717) is 6.54 Å². The van der Waals surface area contributed by atoms with Crippen molar-refractivity contribution in [1.29, 1.82) is 0 Å². The molecule has 8 N–H and O–H groups in total. The molecule has 0 aromatic heterocycles. The van der Waals surface area contributed by atoms with E-state index in [9.17, 15) is 24.3 Å². The molecular formula is C22H41N5O5. The summed E-state index contributed by atoms with van der Waals surface area (Å²) < 4.78 is 0. The first-order valence-corrected chi connectivity index (χ1v) is 11.6. The Balaban J connectivity index is 2.85. The molecule has 0 spiro atoms. The van der Waals surface area contributed by atoms with Gasteiger partial charge < -0.3 is 32.5 Å². The summed E-state index contributed by atoms with van der Waals surface area (Å²) in [5.74, 6) is -2.91. The molecule has 1 heterocycles. The van der Waals surface area contributed by atoms with Crippen LogP contribution in [0.2, 0.25) is 0 Å². The Kier molecular flexibility index (Phi) is 12.6. The van der Waals surface area contributed by atoms with Gasteiger partial charge in [-0.05, 0) is 52.2 Å². The van der Waals surface area contributed by atoms with Crippen LogP contribution in [-0.4, -0.2) is 72.9 Å². The molecule has 1 rings (SSSR count). The number of nitrogens with two attached hydrogens (primary N) is 2. The maximum Gasteiger partial charge on any atom is 0.226 e. The van der Waals surface area contributed by atoms with Gasteiger partial charge in [-0.2, -0.15) is 0 Å². The molecule has 1 aliphatic rings. The number of aliphatic hydroxyl groups excluding tert-OH is 1. The summed E-state index contributed by atoms with van der Waals surface area (Å²) in [6, 6.07) is -1.61. The number of carbonyl (C=O) groups is 4. The third kappa shape index (κ3) is 8.93. The first kappa shape index (κ1) is 28.2. The molecule has 1 fully saturated rings. The van der Waals surface area contributed by atoms with Crippen molar-refractivity contribution in [1.82, 2.24) is 16.0 Å². The predicted molar refractivity (Wildman–Crippen MR) is 121 cm³/mol. The average Bonchev–Trinajstić information content (AvgIpc) is 2.76. The largest absolute Gasteiger partial charge is 0.393 e. The van der Waals surface area contributed by atoms with Crippen LogP contribution in [0.4, 0.5) is 0 Å². The number of aliphatic hydroxyl groups is 1. The van der Waals surface area contributed by atoms with Gasteiger partial charge in [0.25, 0.3) is 0 Å². The zero-order chi connectivity index (χ0) is 24.3. The number of rotatable bonds is 14. The van der Waals surface area contributed by atoms with E-state index in [-0.39, 0.29) is 61.7 Å². The van der Waals surface area contributed by atoms with Gasteiger partial charge in [-0.1, -0.05) is 13.8 Å². The van der Waals surface area contributed by atoms with Crippen LogP contribution < -0.4 is 27.4 Å². The van der Waals surface area contributed by atoms with Crippen LogP contribution in [-0.2, 0) is 19.2 Å². The van der Waals surface area contributed by atoms with Crippen LogP contribution in [0.25, 0.3) is 0 Å². The van der Waals surface area contributed by atoms with E-state index >= 15 is 0 Å². The fourth-order valence-electron chi connectivity index (χ4n) is 3.82. The Hall–Kier alpha value is -1.88. The molecule has 1 saturated heterocycles. The lowest BCUT2D eigenvalue weighted by molar-refractivity contribution is -0.137. The molecule has 0 aromatic carbocycles. The van der Waals surface area contributed by atoms with Gasteiger partial charge in [0.2, 0.25) is 11.8 Å². The van der Waals surface area contributed by atoms with Crippen molar-refractivity contribution in [3.8, 4) is 0 Å². The third-order valence-electron chi connectivity index (χ3n) is 5.85. The fourth-order valence-corrected chi connectivity index (χ4v) is 3.82. The summed E-state index contributed by atoms with van der Waals surface area (Å²) in [7, 11) is 0. The summed E-state index contributed by atoms with van der Waals surface area (Å²) in [5, 5.41) is 18.8. The van der Waals surface area contributed by atoms with Gasteiger partial charge >= 0.3 is 0 Å². The second-order valence-electron chi connectivity index (χ2n) is 8.89. The van der Waals surface area contributed by atoms with Gasteiger partial charge in [0.15, 0.2) is 11.6 Å². The van der Waals surface area contributed by atoms with Gasteiger partial charge in [-0.15, -0.1) is 0 Å². The van der Waals surface area contributed by atoms with Crippen LogP contribution in [0.15, 0.2) is 0 Å². The zero-order valence-corrected chi connectivity index (χ0v) is 19.6. The smallest absolute Gasteiger partial charge is 0.226 e. The van der Waals surface area contributed by atoms with Crippen LogP contribution in [0.5, 0.6) is 0 Å². The Morgan fingerprint density at radius 2 is 1.66 bits per heavy atom. The Morgan fingerprint density at radius 3 is 2.16 bits per heavy atom. The van der Waals surface area contributed by atoms with Crippen LogP contribution in [0, 0.1) is 17.8 Å². The van der Waals surface area contributed by atoms with E-state index < -0.39 is 30.0 Å². The third-order valence-corrected chi connectivity index (χ3v) is 5.85. The minimum absolute atomic E-state index is 0.158. The Morgan fingerprint density at radius 1 is 1.03 bits per heavy atom. The highest BCUT2D eigenvalue weighted by Crippen LogP contribution is 2.16. The zero-order valence-electron chi connectivity index (χ0n) is 19.6. The lowest BCUT2D eigenvalue weighted by Gasteiger charge is -2.27. The lowest BCUT2D eigenvalue weighted by atomic mass is 9.90. The van der Waals surface area contributed by atoms with Crippen molar-refractivity contribution in [2.45, 2.75) is 71.1 Å². The minimum Gasteiger partial charge on any atom is -0.393 e. The van der Waals surface area contributed by atoms with Gasteiger partial charge in [-0.25, -0.2) is 0 Å². The van der Waals surface area contributed by atoms with Crippen molar-refractivity contribution in [2.24, 2.45) is 29.2 Å². The van der Waals surface area contributed by atoms with E-state index in [1.807, 2.05) is 0 Å². The van der Waals surface area contributed by atoms with Crippen molar-refractivity contribution in [3.63, 3.8) is 0 Å². The first-order chi connectivity index (χ1) is 15.1. The van der Waals surface area contributed by atoms with Crippen LogP contribution >= 0.6 is 0 Å². The predicted octanol–water partition coefficient (Wildman–Crippen LogP) is -1.17. The molecule has 0 bridgehead atoms. The van der Waals surface area contributed by atoms with Crippen molar-refractivity contribution in [3.05, 3.63) is 0 Å². The molecule has 0 saturated carbocycles. The summed E-state index contributed by atoms with van der Waals surface area (Å²) in [4.78, 5) is 50.8. The van der Waals surface area contributed by atoms with Gasteiger partial charge in [0.1, 0.15) is 0 Å². The topological polar surface area (TPSA) is 177 Å². The number of carbonyl (C=O) groups excluding carboxylic acids is 4. The molecule has 184 valence electrons. The molecule has 10 heteroatoms. The molecule has 1 aliphatic heterocycles. The molecule has 10 nitrogen and oxygen atoms in total. The highest BCUT2D eigenvalue weighted by Gasteiger charge is 2.33. The highest BCUT2D eigenvalue weighted by atomic mass is 16.3. The van der Waals surface area contributed by atoms with E-state index in [4.69, 9.17) is 11.5 Å². The Labute approximate surface area is 190 Å². The second kappa shape index (κ2) is 14.3. The van der Waals surface area contributed by atoms with E-state index in [1.54, 1.807) is 13.8 Å². The number of piperidine rings is 1. The van der Waals surface area contributed by atoms with E-state index in [0.717, 1.165) is 19.4 Å². The molecule has 2 amide bonds. The van der Waals surface area contributed by atoms with E-state index in [2.05, 4.69) is 16.0 Å². The number of amides is 2. The van der Waals surface area contributed by atoms with Crippen molar-refractivity contribution >= 4 is 23.4 Å². The molecule has 0 aromatic rings. The first-order valence-electron chi connectivity index (χ1n) is 11.6. The molecular weight excluding hydrogens is 414 g/mol. The maximum absolute atomic E-state index is 13.0. The summed E-state index contributed by atoms with van der Waals surface area (Å²) in [6.45, 7) is 6.70. The number of hydrogen-bond donors (Lipinski definition) is 6. The van der Waals surface area contributed by atoms with Gasteiger partial charge in [0.05, 0.1) is 30.0 Å². The van der Waals surface area contributed by atoms with Gasteiger partial charge in [0, 0.05) is 18.9 Å². The van der Waals surface area contributed by atoms with Crippen molar-refractivity contribution < 1.29 is 24.3 Å². The average molecular weight is 456 g/mol. The number of Topliss-reactive ketones (excluding diaryl/α,β-unsaturated/α-hetero) is 2. The number of hydrogen-bond acceptors (Lipinski definition) is 8. The Bertz CT molecular complexity index is 634. The molecule has 0 radical (unpaired) electrons. The molecule has 1 unspecified atom stereocenters. The number of ketones is 2. The van der Waals surface area contributed by atoms with Crippen LogP contribution in [0.1, 0.15) is 52.9 Å². The monoisotopic (exact) mass is 455 g/mol. The van der Waals surface area contributed by atoms with Gasteiger partial charge in [-0.3, -0.25) is 19.2 Å². The lowest BCUT2D eigenvalue weighted by Crippen LogP contribution is -2.51. The maximum atomic E-state index is 13.0. The van der Waals surface area contributed by atoms with Crippen molar-refractivity contribution in [2.75, 3.05) is 26.2 Å². The second-order valence-corrected chi connectivity index (χ2v) is 8.89. The van der Waals surface area contributed by atoms with E-state index in [1.165, 1.54) is 6.92 Å². The van der Waals surface area contributed by atoms with Crippen LogP contribution in [0.3, 0.4) is 0 Å². The summed E-state index contributed by atoms with van der Waals surface area (Å²) in [6.07, 6.45) is 0.737.